The Balaban J connectivity index is 2.02. The highest BCUT2D eigenvalue weighted by atomic mass is 19.2. The molecule has 1 N–H and O–H groups in total. The molecule has 0 saturated heterocycles. The van der Waals surface area contributed by atoms with E-state index >= 15 is 0 Å². The number of rotatable bonds is 5. The fourth-order valence-corrected chi connectivity index (χ4v) is 1.74. The maximum atomic E-state index is 13.5. The summed E-state index contributed by atoms with van der Waals surface area (Å²) in [5, 5.41) is 7.33. The number of hydrogen-bond acceptors (Lipinski definition) is 2. The van der Waals surface area contributed by atoms with Crippen LogP contribution in [0.15, 0.2) is 30.5 Å². The van der Waals surface area contributed by atoms with Gasteiger partial charge in [0.2, 0.25) is 0 Å². The van der Waals surface area contributed by atoms with Crippen LogP contribution >= 0.6 is 0 Å². The smallest absolute Gasteiger partial charge is 0.163 e. The zero-order valence-corrected chi connectivity index (χ0v) is 11.0. The molecule has 1 aromatic carbocycles. The van der Waals surface area contributed by atoms with Gasteiger partial charge in [-0.2, -0.15) is 5.10 Å². The van der Waals surface area contributed by atoms with Crippen LogP contribution in [0.1, 0.15) is 31.9 Å². The van der Waals surface area contributed by atoms with Gasteiger partial charge >= 0.3 is 0 Å². The monoisotopic (exact) mass is 265 g/mol. The Hall–Kier alpha value is -1.91. The average Bonchev–Trinajstić information content (AvgIpc) is 2.88. The minimum Gasteiger partial charge on any atom is -0.364 e. The fourth-order valence-electron chi connectivity index (χ4n) is 1.74. The number of hydrogen-bond donors (Lipinski definition) is 1. The van der Waals surface area contributed by atoms with E-state index in [9.17, 15) is 8.78 Å². The third kappa shape index (κ3) is 3.10. The summed E-state index contributed by atoms with van der Waals surface area (Å²) < 4.78 is 28.3. The van der Waals surface area contributed by atoms with Crippen LogP contribution in [0, 0.1) is 11.6 Å². The minimum atomic E-state index is -0.829. The third-order valence-electron chi connectivity index (χ3n) is 3.14. The van der Waals surface area contributed by atoms with Crippen molar-refractivity contribution < 1.29 is 8.78 Å². The Morgan fingerprint density at radius 3 is 2.84 bits per heavy atom. The summed E-state index contributed by atoms with van der Waals surface area (Å²) in [6.45, 7) is 4.37. The van der Waals surface area contributed by atoms with Gasteiger partial charge in [-0.3, -0.25) is 4.68 Å². The molecule has 3 nitrogen and oxygen atoms in total. The van der Waals surface area contributed by atoms with Crippen LogP contribution in [0.4, 0.5) is 14.6 Å². The van der Waals surface area contributed by atoms with E-state index in [0.29, 0.717) is 11.9 Å². The molecule has 102 valence electrons. The molecule has 0 aliphatic carbocycles. The Labute approximate surface area is 111 Å². The van der Waals surface area contributed by atoms with Crippen molar-refractivity contribution >= 4 is 5.82 Å². The number of aromatic nitrogens is 2. The summed E-state index contributed by atoms with van der Waals surface area (Å²) >= 11 is 0. The van der Waals surface area contributed by atoms with Crippen LogP contribution < -0.4 is 5.32 Å². The fraction of sp³-hybridized carbons (Fsp3) is 0.357. The zero-order chi connectivity index (χ0) is 13.8. The van der Waals surface area contributed by atoms with E-state index in [1.807, 2.05) is 16.9 Å². The summed E-state index contributed by atoms with van der Waals surface area (Å²) in [6, 6.07) is 6.30. The van der Waals surface area contributed by atoms with Gasteiger partial charge in [-0.25, -0.2) is 8.78 Å². The predicted molar refractivity (Wildman–Crippen MR) is 70.9 cm³/mol. The maximum Gasteiger partial charge on any atom is 0.163 e. The van der Waals surface area contributed by atoms with Gasteiger partial charge in [-0.15, -0.1) is 0 Å². The third-order valence-corrected chi connectivity index (χ3v) is 3.14. The van der Waals surface area contributed by atoms with E-state index in [0.717, 1.165) is 12.5 Å². The Morgan fingerprint density at radius 1 is 1.32 bits per heavy atom. The van der Waals surface area contributed by atoms with E-state index in [4.69, 9.17) is 0 Å². The van der Waals surface area contributed by atoms with Crippen molar-refractivity contribution in [3.63, 3.8) is 0 Å². The molecule has 0 amide bonds. The van der Waals surface area contributed by atoms with Gasteiger partial charge in [-0.1, -0.05) is 19.1 Å². The van der Waals surface area contributed by atoms with E-state index in [2.05, 4.69) is 24.3 Å². The second kappa shape index (κ2) is 5.82. The van der Waals surface area contributed by atoms with Gasteiger partial charge in [0.1, 0.15) is 5.82 Å². The SMILES string of the molecule is CC[C@@H](C)n1ccc(NCc2cccc(F)c2F)n1. The Kier molecular flexibility index (Phi) is 4.14. The van der Waals surface area contributed by atoms with Gasteiger partial charge in [0.05, 0.1) is 0 Å². The number of nitrogens with zero attached hydrogens (tertiary/aromatic N) is 2. The van der Waals surface area contributed by atoms with Crippen LogP contribution in [0.2, 0.25) is 0 Å². The molecule has 1 atom stereocenters. The average molecular weight is 265 g/mol. The van der Waals surface area contributed by atoms with Crippen molar-refractivity contribution in [2.45, 2.75) is 32.9 Å². The molecule has 2 rings (SSSR count). The van der Waals surface area contributed by atoms with Crippen molar-refractivity contribution in [3.05, 3.63) is 47.7 Å². The quantitative estimate of drug-likeness (QED) is 0.892. The van der Waals surface area contributed by atoms with E-state index in [-0.39, 0.29) is 12.1 Å². The van der Waals surface area contributed by atoms with E-state index in [1.54, 1.807) is 6.07 Å². The summed E-state index contributed by atoms with van der Waals surface area (Å²) in [5.41, 5.74) is 0.290. The molecule has 19 heavy (non-hydrogen) atoms. The number of anilines is 1. The van der Waals surface area contributed by atoms with Gasteiger partial charge in [0, 0.05) is 30.4 Å². The highest BCUT2D eigenvalue weighted by Gasteiger charge is 2.08. The molecular formula is C14H17F2N3. The molecule has 1 aromatic heterocycles. The van der Waals surface area contributed by atoms with E-state index < -0.39 is 11.6 Å². The highest BCUT2D eigenvalue weighted by Crippen LogP contribution is 2.15. The Morgan fingerprint density at radius 2 is 2.11 bits per heavy atom. The molecule has 1 heterocycles. The lowest BCUT2D eigenvalue weighted by Crippen LogP contribution is -2.07. The molecular weight excluding hydrogens is 248 g/mol. The lowest BCUT2D eigenvalue weighted by atomic mass is 10.2. The molecule has 0 fully saturated rings. The standard InChI is InChI=1S/C14H17F2N3/c1-3-10(2)19-8-7-13(18-19)17-9-11-5-4-6-12(15)14(11)16/h4-8,10H,3,9H2,1-2H3,(H,17,18)/t10-/m1/s1. The molecule has 0 aliphatic heterocycles. The largest absolute Gasteiger partial charge is 0.364 e. The first-order valence-corrected chi connectivity index (χ1v) is 6.33. The van der Waals surface area contributed by atoms with Gasteiger partial charge in [0.25, 0.3) is 0 Å². The molecule has 5 heteroatoms. The van der Waals surface area contributed by atoms with Crippen molar-refractivity contribution in [2.24, 2.45) is 0 Å². The number of nitrogens with one attached hydrogen (secondary N) is 1. The van der Waals surface area contributed by atoms with Crippen LogP contribution in [0.25, 0.3) is 0 Å². The van der Waals surface area contributed by atoms with Crippen molar-refractivity contribution in [1.29, 1.82) is 0 Å². The van der Waals surface area contributed by atoms with Gasteiger partial charge < -0.3 is 5.32 Å². The van der Waals surface area contributed by atoms with Gasteiger partial charge in [-0.05, 0) is 19.4 Å². The second-order valence-electron chi connectivity index (χ2n) is 4.50. The van der Waals surface area contributed by atoms with Crippen molar-refractivity contribution in [1.82, 2.24) is 9.78 Å². The minimum absolute atomic E-state index is 0.209. The zero-order valence-electron chi connectivity index (χ0n) is 11.0. The van der Waals surface area contributed by atoms with Gasteiger partial charge in [0.15, 0.2) is 11.6 Å². The summed E-state index contributed by atoms with van der Waals surface area (Å²) in [7, 11) is 0. The van der Waals surface area contributed by atoms with Crippen LogP contribution in [-0.2, 0) is 6.54 Å². The maximum absolute atomic E-state index is 13.5. The molecule has 0 bridgehead atoms. The normalized spacial score (nSPS) is 12.4. The molecule has 0 aliphatic rings. The lowest BCUT2D eigenvalue weighted by Gasteiger charge is -2.08. The molecule has 0 radical (unpaired) electrons. The molecule has 0 unspecified atom stereocenters. The van der Waals surface area contributed by atoms with E-state index in [1.165, 1.54) is 6.07 Å². The predicted octanol–water partition coefficient (Wildman–Crippen LogP) is 3.74. The Bertz CT molecular complexity index is 551. The van der Waals surface area contributed by atoms with Crippen LogP contribution in [0.3, 0.4) is 0 Å². The first-order chi connectivity index (χ1) is 9.11. The second-order valence-corrected chi connectivity index (χ2v) is 4.50. The first-order valence-electron chi connectivity index (χ1n) is 6.33. The first kappa shape index (κ1) is 13.5. The number of benzene rings is 1. The van der Waals surface area contributed by atoms with Crippen molar-refractivity contribution in [2.75, 3.05) is 5.32 Å². The summed E-state index contributed by atoms with van der Waals surface area (Å²) in [5.74, 6) is -0.982. The molecule has 0 saturated carbocycles. The lowest BCUT2D eigenvalue weighted by molar-refractivity contribution is 0.478. The molecule has 2 aromatic rings. The topological polar surface area (TPSA) is 29.9 Å². The van der Waals surface area contributed by atoms with Crippen LogP contribution in [0.5, 0.6) is 0 Å². The van der Waals surface area contributed by atoms with Crippen LogP contribution in [-0.4, -0.2) is 9.78 Å². The summed E-state index contributed by atoms with van der Waals surface area (Å²) in [6.07, 6.45) is 2.86. The molecule has 0 spiro atoms. The highest BCUT2D eigenvalue weighted by molar-refractivity contribution is 5.34. The van der Waals surface area contributed by atoms with Crippen molar-refractivity contribution in [3.8, 4) is 0 Å². The number of halogens is 2. The summed E-state index contributed by atoms with van der Waals surface area (Å²) in [4.78, 5) is 0.